The largest absolute Gasteiger partial charge is 0.363 e. The highest BCUT2D eigenvalue weighted by atomic mass is 16.5. The maximum Gasteiger partial charge on any atom is 0.109 e. The Kier molecular flexibility index (Phi) is 8.46. The number of ether oxygens (including phenoxy) is 2. The average Bonchev–Trinajstić information content (AvgIpc) is 2.43. The minimum atomic E-state index is -0.241. The fraction of sp³-hybridized carbons (Fsp3) is 0.625. The molecule has 0 heterocycles. The summed E-state index contributed by atoms with van der Waals surface area (Å²) in [5.74, 6) is 0. The van der Waals surface area contributed by atoms with Crippen LogP contribution in [0.5, 0.6) is 0 Å². The number of rotatable bonds is 10. The molecule has 0 radical (unpaired) electrons. The van der Waals surface area contributed by atoms with Crippen molar-refractivity contribution in [2.24, 2.45) is 11.5 Å². The molecular weight excluding hydrogens is 252 g/mol. The van der Waals surface area contributed by atoms with Crippen molar-refractivity contribution in [3.63, 3.8) is 0 Å². The van der Waals surface area contributed by atoms with Crippen LogP contribution < -0.4 is 11.5 Å². The quantitative estimate of drug-likeness (QED) is 0.645. The molecule has 20 heavy (non-hydrogen) atoms. The molecule has 1 aromatic rings. The van der Waals surface area contributed by atoms with Gasteiger partial charge in [-0.25, -0.2) is 0 Å². The highest BCUT2D eigenvalue weighted by Crippen LogP contribution is 2.10. The Morgan fingerprint density at radius 3 is 1.75 bits per heavy atom. The topological polar surface area (TPSA) is 70.5 Å². The molecule has 4 nitrogen and oxygen atoms in total. The summed E-state index contributed by atoms with van der Waals surface area (Å²) in [5, 5.41) is 0. The van der Waals surface area contributed by atoms with E-state index in [-0.39, 0.29) is 12.5 Å². The fourth-order valence-corrected chi connectivity index (χ4v) is 2.00. The maximum atomic E-state index is 5.94. The Morgan fingerprint density at radius 1 is 0.900 bits per heavy atom. The van der Waals surface area contributed by atoms with Gasteiger partial charge in [-0.1, -0.05) is 38.1 Å². The Bertz CT molecular complexity index is 340. The molecule has 0 bridgehead atoms. The van der Waals surface area contributed by atoms with Crippen molar-refractivity contribution in [1.82, 2.24) is 0 Å². The average molecular weight is 280 g/mol. The smallest absolute Gasteiger partial charge is 0.109 e. The van der Waals surface area contributed by atoms with E-state index < -0.39 is 0 Å². The van der Waals surface area contributed by atoms with Gasteiger partial charge in [0.25, 0.3) is 0 Å². The lowest BCUT2D eigenvalue weighted by Gasteiger charge is -2.15. The Hall–Kier alpha value is -0.940. The number of hydrogen-bond donors (Lipinski definition) is 2. The molecule has 114 valence electrons. The molecule has 4 N–H and O–H groups in total. The van der Waals surface area contributed by atoms with Crippen molar-refractivity contribution >= 4 is 0 Å². The van der Waals surface area contributed by atoms with Gasteiger partial charge >= 0.3 is 0 Å². The van der Waals surface area contributed by atoms with E-state index in [9.17, 15) is 0 Å². The minimum Gasteiger partial charge on any atom is -0.363 e. The minimum absolute atomic E-state index is 0.241. The standard InChI is InChI=1S/C16H28N2O2/c1-3-8-19-15(17)11-13-6-5-7-14(10-13)12-16(18)20-9-4-2/h5-7,10,15-16H,3-4,8-9,11-12,17-18H2,1-2H3. The molecule has 0 amide bonds. The van der Waals surface area contributed by atoms with E-state index in [1.807, 2.05) is 6.07 Å². The molecule has 1 aromatic carbocycles. The van der Waals surface area contributed by atoms with Gasteiger partial charge < -0.3 is 20.9 Å². The summed E-state index contributed by atoms with van der Waals surface area (Å²) >= 11 is 0. The van der Waals surface area contributed by atoms with Crippen LogP contribution >= 0.6 is 0 Å². The van der Waals surface area contributed by atoms with Crippen LogP contribution in [0, 0.1) is 0 Å². The van der Waals surface area contributed by atoms with Crippen molar-refractivity contribution in [2.75, 3.05) is 13.2 Å². The van der Waals surface area contributed by atoms with Gasteiger partial charge in [0.05, 0.1) is 0 Å². The van der Waals surface area contributed by atoms with Gasteiger partial charge in [0.15, 0.2) is 0 Å². The van der Waals surface area contributed by atoms with Crippen LogP contribution in [0.25, 0.3) is 0 Å². The van der Waals surface area contributed by atoms with Gasteiger partial charge in [0, 0.05) is 26.1 Å². The van der Waals surface area contributed by atoms with Crippen LogP contribution in [-0.4, -0.2) is 25.7 Å². The lowest BCUT2D eigenvalue weighted by Crippen LogP contribution is -2.27. The third-order valence-corrected chi connectivity index (χ3v) is 2.94. The monoisotopic (exact) mass is 280 g/mol. The van der Waals surface area contributed by atoms with Crippen molar-refractivity contribution in [3.05, 3.63) is 35.4 Å². The molecule has 0 aliphatic carbocycles. The van der Waals surface area contributed by atoms with Crippen molar-refractivity contribution < 1.29 is 9.47 Å². The molecule has 2 unspecified atom stereocenters. The van der Waals surface area contributed by atoms with Crippen LogP contribution in [0.2, 0.25) is 0 Å². The molecule has 1 rings (SSSR count). The zero-order valence-corrected chi connectivity index (χ0v) is 12.7. The second kappa shape index (κ2) is 9.88. The molecule has 2 atom stereocenters. The van der Waals surface area contributed by atoms with Gasteiger partial charge in [-0.3, -0.25) is 0 Å². The molecule has 0 aliphatic heterocycles. The van der Waals surface area contributed by atoms with Crippen molar-refractivity contribution in [2.45, 2.75) is 52.0 Å². The zero-order valence-electron chi connectivity index (χ0n) is 12.7. The highest BCUT2D eigenvalue weighted by Gasteiger charge is 2.07. The molecule has 0 spiro atoms. The Morgan fingerprint density at radius 2 is 1.35 bits per heavy atom. The normalized spacial score (nSPS) is 14.2. The van der Waals surface area contributed by atoms with Gasteiger partial charge in [-0.2, -0.15) is 0 Å². The molecule has 0 fully saturated rings. The van der Waals surface area contributed by atoms with E-state index in [1.165, 1.54) is 11.1 Å². The van der Waals surface area contributed by atoms with E-state index in [0.717, 1.165) is 25.7 Å². The summed E-state index contributed by atoms with van der Waals surface area (Å²) in [7, 11) is 0. The van der Waals surface area contributed by atoms with E-state index in [4.69, 9.17) is 20.9 Å². The maximum absolute atomic E-state index is 5.94. The third-order valence-electron chi connectivity index (χ3n) is 2.94. The summed E-state index contributed by atoms with van der Waals surface area (Å²) in [6.45, 7) is 5.56. The van der Waals surface area contributed by atoms with E-state index in [0.29, 0.717) is 13.2 Å². The highest BCUT2D eigenvalue weighted by molar-refractivity contribution is 5.24. The molecule has 0 saturated carbocycles. The van der Waals surface area contributed by atoms with E-state index in [2.05, 4.69) is 32.0 Å². The summed E-state index contributed by atoms with van der Waals surface area (Å²) in [4.78, 5) is 0. The van der Waals surface area contributed by atoms with Crippen LogP contribution in [-0.2, 0) is 22.3 Å². The van der Waals surface area contributed by atoms with Crippen molar-refractivity contribution in [3.8, 4) is 0 Å². The Labute approximate surface area is 122 Å². The Balaban J connectivity index is 2.48. The summed E-state index contributed by atoms with van der Waals surface area (Å²) < 4.78 is 11.0. The molecule has 4 heteroatoms. The first-order valence-electron chi connectivity index (χ1n) is 7.47. The second-order valence-electron chi connectivity index (χ2n) is 5.05. The van der Waals surface area contributed by atoms with Gasteiger partial charge in [0.2, 0.25) is 0 Å². The van der Waals surface area contributed by atoms with Crippen molar-refractivity contribution in [1.29, 1.82) is 0 Å². The summed E-state index contributed by atoms with van der Waals surface area (Å²) in [6.07, 6.45) is 2.93. The van der Waals surface area contributed by atoms with Gasteiger partial charge in [0.1, 0.15) is 12.5 Å². The third kappa shape index (κ3) is 7.01. The van der Waals surface area contributed by atoms with Crippen LogP contribution in [0.4, 0.5) is 0 Å². The number of hydrogen-bond acceptors (Lipinski definition) is 4. The summed E-state index contributed by atoms with van der Waals surface area (Å²) in [6, 6.07) is 8.29. The zero-order chi connectivity index (χ0) is 14.8. The SMILES string of the molecule is CCCOC(N)Cc1cccc(CC(N)OCCC)c1. The first-order valence-corrected chi connectivity index (χ1v) is 7.47. The summed E-state index contributed by atoms with van der Waals surface area (Å²) in [5.41, 5.74) is 14.2. The van der Waals surface area contributed by atoms with Gasteiger partial charge in [-0.05, 0) is 24.0 Å². The fourth-order valence-electron chi connectivity index (χ4n) is 2.00. The van der Waals surface area contributed by atoms with Gasteiger partial charge in [-0.15, -0.1) is 0 Å². The van der Waals surface area contributed by atoms with E-state index >= 15 is 0 Å². The predicted molar refractivity (Wildman–Crippen MR) is 82.3 cm³/mol. The first-order chi connectivity index (χ1) is 9.65. The second-order valence-corrected chi connectivity index (χ2v) is 5.05. The number of nitrogens with two attached hydrogens (primary N) is 2. The lowest BCUT2D eigenvalue weighted by molar-refractivity contribution is 0.0578. The molecule has 0 aromatic heterocycles. The molecule has 0 aliphatic rings. The lowest BCUT2D eigenvalue weighted by atomic mass is 10.0. The van der Waals surface area contributed by atoms with E-state index in [1.54, 1.807) is 0 Å². The first kappa shape index (κ1) is 17.1. The molecule has 0 saturated heterocycles. The van der Waals surface area contributed by atoms with Crippen LogP contribution in [0.3, 0.4) is 0 Å². The predicted octanol–water partition coefficient (Wildman–Crippen LogP) is 2.19. The molecular formula is C16H28N2O2. The van der Waals surface area contributed by atoms with Crippen LogP contribution in [0.1, 0.15) is 37.8 Å². The van der Waals surface area contributed by atoms with Crippen LogP contribution in [0.15, 0.2) is 24.3 Å². The number of benzene rings is 1.